The number of rotatable bonds is 4. The molecule has 3 aromatic carbocycles. The lowest BCUT2D eigenvalue weighted by Gasteiger charge is -2.24. The number of para-hydroxylation sites is 1. The number of halogens is 2. The van der Waals surface area contributed by atoms with E-state index in [0.29, 0.717) is 35.7 Å². The molecule has 0 saturated carbocycles. The second-order valence-corrected chi connectivity index (χ2v) is 8.79. The van der Waals surface area contributed by atoms with E-state index in [4.69, 9.17) is 11.6 Å². The Morgan fingerprint density at radius 3 is 2.60 bits per heavy atom. The summed E-state index contributed by atoms with van der Waals surface area (Å²) in [5, 5.41) is 6.96. The highest BCUT2D eigenvalue weighted by Crippen LogP contribution is 2.30. The minimum absolute atomic E-state index is 0.0666. The molecule has 5 rings (SSSR count). The molecule has 35 heavy (non-hydrogen) atoms. The molecule has 6 nitrogen and oxygen atoms in total. The van der Waals surface area contributed by atoms with E-state index in [-0.39, 0.29) is 11.7 Å². The molecule has 0 spiro atoms. The lowest BCUT2D eigenvalue weighted by Crippen LogP contribution is -2.45. The summed E-state index contributed by atoms with van der Waals surface area (Å²) in [5.74, 6) is -0.980. The van der Waals surface area contributed by atoms with Crippen LogP contribution >= 0.6 is 11.6 Å². The van der Waals surface area contributed by atoms with Crippen LogP contribution in [0.15, 0.2) is 79.0 Å². The van der Waals surface area contributed by atoms with Crippen molar-refractivity contribution in [1.82, 2.24) is 9.88 Å². The Morgan fingerprint density at radius 1 is 1.00 bits per heavy atom. The second kappa shape index (κ2) is 9.72. The summed E-state index contributed by atoms with van der Waals surface area (Å²) in [6, 6.07) is 19.9. The Labute approximate surface area is 206 Å². The molecule has 8 heteroatoms. The Morgan fingerprint density at radius 2 is 1.80 bits per heavy atom. The van der Waals surface area contributed by atoms with Crippen molar-refractivity contribution in [3.05, 3.63) is 89.8 Å². The Balaban J connectivity index is 1.31. The van der Waals surface area contributed by atoms with Crippen molar-refractivity contribution in [3.63, 3.8) is 0 Å². The molecule has 1 saturated heterocycles. The fraction of sp³-hybridized carbons (Fsp3) is 0.148. The van der Waals surface area contributed by atoms with Crippen LogP contribution in [0.25, 0.3) is 22.0 Å². The Kier molecular flexibility index (Phi) is 6.33. The number of aromatic nitrogens is 1. The molecule has 1 aliphatic heterocycles. The maximum Gasteiger partial charge on any atom is 0.322 e. The minimum atomic E-state index is -0.691. The zero-order chi connectivity index (χ0) is 24.4. The van der Waals surface area contributed by atoms with Crippen molar-refractivity contribution in [1.29, 1.82) is 0 Å². The van der Waals surface area contributed by atoms with Gasteiger partial charge in [0.25, 0.3) is 0 Å². The third-order valence-corrected chi connectivity index (χ3v) is 6.33. The fourth-order valence-corrected chi connectivity index (χ4v) is 4.47. The van der Waals surface area contributed by atoms with Crippen LogP contribution in [0.2, 0.25) is 5.02 Å². The summed E-state index contributed by atoms with van der Waals surface area (Å²) < 4.78 is 15.0. The molecule has 1 fully saturated rings. The van der Waals surface area contributed by atoms with Crippen LogP contribution in [-0.2, 0) is 4.79 Å². The van der Waals surface area contributed by atoms with Gasteiger partial charge in [0.2, 0.25) is 5.91 Å². The number of anilines is 2. The van der Waals surface area contributed by atoms with Gasteiger partial charge in [-0.25, -0.2) is 9.18 Å². The first kappa shape index (κ1) is 22.8. The number of hydrogen-bond donors (Lipinski definition) is 2. The summed E-state index contributed by atoms with van der Waals surface area (Å²) in [4.78, 5) is 31.6. The van der Waals surface area contributed by atoms with Crippen molar-refractivity contribution in [3.8, 4) is 11.1 Å². The van der Waals surface area contributed by atoms with E-state index in [0.717, 1.165) is 16.5 Å². The second-order valence-electron chi connectivity index (χ2n) is 8.35. The van der Waals surface area contributed by atoms with E-state index in [1.807, 2.05) is 30.3 Å². The predicted molar refractivity (Wildman–Crippen MR) is 136 cm³/mol. The molecule has 2 heterocycles. The fourth-order valence-electron chi connectivity index (χ4n) is 4.35. The Hall–Kier alpha value is -3.97. The van der Waals surface area contributed by atoms with Crippen molar-refractivity contribution >= 4 is 45.8 Å². The molecule has 1 aliphatic rings. The largest absolute Gasteiger partial charge is 0.322 e. The molecular formula is C27H22ClFN4O2. The molecule has 1 unspecified atom stereocenters. The van der Waals surface area contributed by atoms with E-state index in [2.05, 4.69) is 15.6 Å². The number of hydrogen-bond acceptors (Lipinski definition) is 3. The molecule has 3 amide bonds. The summed E-state index contributed by atoms with van der Waals surface area (Å²) in [6.07, 6.45) is 2.89. The molecule has 1 aromatic heterocycles. The van der Waals surface area contributed by atoms with Gasteiger partial charge in [0, 0.05) is 34.4 Å². The van der Waals surface area contributed by atoms with Crippen LogP contribution in [0.5, 0.6) is 0 Å². The SMILES string of the molecule is O=C(Nc1ccc(-c2cccc3cccnc23)cc1F)C1CCCN1C(=O)Nc1ccc(Cl)cc1. The molecule has 0 aliphatic carbocycles. The van der Waals surface area contributed by atoms with Gasteiger partial charge in [0.1, 0.15) is 11.9 Å². The van der Waals surface area contributed by atoms with E-state index in [1.165, 1.54) is 17.0 Å². The number of benzene rings is 3. The monoisotopic (exact) mass is 488 g/mol. The van der Waals surface area contributed by atoms with Crippen LogP contribution < -0.4 is 10.6 Å². The van der Waals surface area contributed by atoms with Crippen LogP contribution in [0.1, 0.15) is 12.8 Å². The maximum absolute atomic E-state index is 15.0. The van der Waals surface area contributed by atoms with Crippen LogP contribution in [0, 0.1) is 5.82 Å². The van der Waals surface area contributed by atoms with Gasteiger partial charge in [-0.15, -0.1) is 0 Å². The van der Waals surface area contributed by atoms with Gasteiger partial charge in [-0.1, -0.05) is 41.9 Å². The number of nitrogens with one attached hydrogen (secondary N) is 2. The topological polar surface area (TPSA) is 74.3 Å². The van der Waals surface area contributed by atoms with Crippen molar-refractivity contribution in [2.75, 3.05) is 17.2 Å². The number of fused-ring (bicyclic) bond motifs is 1. The first-order valence-corrected chi connectivity index (χ1v) is 11.6. The van der Waals surface area contributed by atoms with Gasteiger partial charge < -0.3 is 15.5 Å². The Bertz CT molecular complexity index is 1400. The number of amides is 3. The van der Waals surface area contributed by atoms with Crippen molar-refractivity contribution in [2.24, 2.45) is 0 Å². The number of urea groups is 1. The highest BCUT2D eigenvalue weighted by Gasteiger charge is 2.34. The van der Waals surface area contributed by atoms with Crippen LogP contribution in [0.4, 0.5) is 20.6 Å². The van der Waals surface area contributed by atoms with Gasteiger partial charge in [0.05, 0.1) is 11.2 Å². The zero-order valence-corrected chi connectivity index (χ0v) is 19.4. The van der Waals surface area contributed by atoms with E-state index < -0.39 is 17.8 Å². The molecule has 0 bridgehead atoms. The van der Waals surface area contributed by atoms with E-state index in [1.54, 1.807) is 36.5 Å². The molecule has 0 radical (unpaired) electrons. The summed E-state index contributed by atoms with van der Waals surface area (Å²) in [6.45, 7) is 0.438. The molecule has 1 atom stereocenters. The number of carbonyl (C=O) groups excluding carboxylic acids is 2. The quantitative estimate of drug-likeness (QED) is 0.352. The van der Waals surface area contributed by atoms with Gasteiger partial charge >= 0.3 is 6.03 Å². The van der Waals surface area contributed by atoms with Crippen LogP contribution in [-0.4, -0.2) is 34.4 Å². The van der Waals surface area contributed by atoms with Crippen molar-refractivity contribution in [2.45, 2.75) is 18.9 Å². The summed E-state index contributed by atoms with van der Waals surface area (Å²) in [5.41, 5.74) is 2.89. The molecule has 2 N–H and O–H groups in total. The normalized spacial score (nSPS) is 15.3. The van der Waals surface area contributed by atoms with Crippen molar-refractivity contribution < 1.29 is 14.0 Å². The van der Waals surface area contributed by atoms with E-state index >= 15 is 4.39 Å². The zero-order valence-electron chi connectivity index (χ0n) is 18.7. The first-order chi connectivity index (χ1) is 17.0. The lowest BCUT2D eigenvalue weighted by molar-refractivity contribution is -0.119. The molecular weight excluding hydrogens is 467 g/mol. The van der Waals surface area contributed by atoms with Gasteiger partial charge in [-0.05, 0) is 60.9 Å². The number of carbonyl (C=O) groups is 2. The third kappa shape index (κ3) is 4.81. The molecule has 4 aromatic rings. The van der Waals surface area contributed by atoms with E-state index in [9.17, 15) is 9.59 Å². The number of nitrogens with zero attached hydrogens (tertiary/aromatic N) is 2. The number of likely N-dealkylation sites (tertiary alicyclic amines) is 1. The van der Waals surface area contributed by atoms with Gasteiger partial charge in [0.15, 0.2) is 0 Å². The third-order valence-electron chi connectivity index (χ3n) is 6.08. The smallest absolute Gasteiger partial charge is 0.322 e. The predicted octanol–water partition coefficient (Wildman–Crippen LogP) is 6.33. The summed E-state index contributed by atoms with van der Waals surface area (Å²) in [7, 11) is 0. The lowest BCUT2D eigenvalue weighted by atomic mass is 10.0. The minimum Gasteiger partial charge on any atom is -0.322 e. The summed E-state index contributed by atoms with van der Waals surface area (Å²) >= 11 is 5.89. The number of pyridine rings is 1. The average molecular weight is 489 g/mol. The average Bonchev–Trinajstić information content (AvgIpc) is 3.37. The highest BCUT2D eigenvalue weighted by atomic mass is 35.5. The molecule has 176 valence electrons. The maximum atomic E-state index is 15.0. The van der Waals surface area contributed by atoms with Gasteiger partial charge in [-0.2, -0.15) is 0 Å². The van der Waals surface area contributed by atoms with Crippen LogP contribution in [0.3, 0.4) is 0 Å². The first-order valence-electron chi connectivity index (χ1n) is 11.3. The highest BCUT2D eigenvalue weighted by molar-refractivity contribution is 6.30. The standard InChI is InChI=1S/C27H22ClFN4O2/c28-19-9-11-20(12-10-19)31-27(35)33-15-3-7-24(33)26(34)32-23-13-8-18(16-22(23)29)21-6-1-4-17-5-2-14-30-25(17)21/h1-2,4-6,8-14,16,24H,3,7,15H2,(H,31,35)(H,32,34). The van der Waals surface area contributed by atoms with Gasteiger partial charge in [-0.3, -0.25) is 9.78 Å².